The van der Waals surface area contributed by atoms with Crippen molar-refractivity contribution in [1.82, 2.24) is 10.6 Å². The smallest absolute Gasteiger partial charge is 0.240 e. The van der Waals surface area contributed by atoms with E-state index in [1.165, 1.54) is 19.3 Å². The second-order valence-electron chi connectivity index (χ2n) is 5.24. The predicted octanol–water partition coefficient (Wildman–Crippen LogP) is 0.0428. The lowest BCUT2D eigenvalue weighted by atomic mass is 9.95. The second kappa shape index (κ2) is 5.04. The van der Waals surface area contributed by atoms with Crippen molar-refractivity contribution in [1.29, 1.82) is 0 Å². The van der Waals surface area contributed by atoms with E-state index >= 15 is 0 Å². The van der Waals surface area contributed by atoms with Crippen LogP contribution in [-0.4, -0.2) is 29.9 Å². The highest BCUT2D eigenvalue weighted by Crippen LogP contribution is 2.31. The molecule has 0 atom stereocenters. The Kier molecular flexibility index (Phi) is 3.66. The molecule has 17 heavy (non-hydrogen) atoms. The monoisotopic (exact) mass is 239 g/mol. The van der Waals surface area contributed by atoms with E-state index in [9.17, 15) is 9.59 Å². The summed E-state index contributed by atoms with van der Waals surface area (Å²) in [6.45, 7) is 0.0499. The van der Waals surface area contributed by atoms with E-state index in [0.717, 1.165) is 25.7 Å². The van der Waals surface area contributed by atoms with Gasteiger partial charge in [-0.2, -0.15) is 0 Å². The predicted molar refractivity (Wildman–Crippen MR) is 64.2 cm³/mol. The molecule has 2 amide bonds. The van der Waals surface area contributed by atoms with Crippen LogP contribution in [0.1, 0.15) is 44.9 Å². The van der Waals surface area contributed by atoms with Gasteiger partial charge in [0.1, 0.15) is 0 Å². The summed E-state index contributed by atoms with van der Waals surface area (Å²) in [5.41, 5.74) is 5.03. The maximum absolute atomic E-state index is 11.6. The largest absolute Gasteiger partial charge is 0.352 e. The first-order valence-corrected chi connectivity index (χ1v) is 6.47. The standard InChI is InChI=1S/C12H21N3O2/c13-12(6-7-12)11(17)14-8-10(16)15-9-4-2-1-3-5-9/h9H,1-8,13H2,(H,14,17)(H,15,16). The van der Waals surface area contributed by atoms with Gasteiger partial charge < -0.3 is 16.4 Å². The minimum absolute atomic E-state index is 0.0499. The van der Waals surface area contributed by atoms with Gasteiger partial charge >= 0.3 is 0 Å². The van der Waals surface area contributed by atoms with Crippen molar-refractivity contribution >= 4 is 11.8 Å². The lowest BCUT2D eigenvalue weighted by Gasteiger charge is -2.22. The van der Waals surface area contributed by atoms with Crippen LogP contribution in [-0.2, 0) is 9.59 Å². The number of carbonyl (C=O) groups is 2. The normalized spacial score (nSPS) is 22.9. The van der Waals surface area contributed by atoms with Gasteiger partial charge in [0.25, 0.3) is 0 Å². The Balaban J connectivity index is 1.65. The van der Waals surface area contributed by atoms with Crippen LogP contribution in [0, 0.1) is 0 Å². The molecule has 0 bridgehead atoms. The molecule has 2 rings (SSSR count). The molecule has 2 saturated carbocycles. The summed E-state index contributed by atoms with van der Waals surface area (Å²) >= 11 is 0. The van der Waals surface area contributed by atoms with Crippen molar-refractivity contribution < 1.29 is 9.59 Å². The summed E-state index contributed by atoms with van der Waals surface area (Å²) < 4.78 is 0. The Labute approximate surface area is 102 Å². The zero-order chi connectivity index (χ0) is 12.3. The molecule has 96 valence electrons. The highest BCUT2D eigenvalue weighted by atomic mass is 16.2. The van der Waals surface area contributed by atoms with Gasteiger partial charge in [0.15, 0.2) is 0 Å². The summed E-state index contributed by atoms with van der Waals surface area (Å²) in [6, 6.07) is 0.293. The zero-order valence-electron chi connectivity index (χ0n) is 10.1. The van der Waals surface area contributed by atoms with Crippen molar-refractivity contribution in [2.24, 2.45) is 5.73 Å². The fourth-order valence-corrected chi connectivity index (χ4v) is 2.22. The Morgan fingerprint density at radius 1 is 1.18 bits per heavy atom. The number of amides is 2. The molecule has 5 nitrogen and oxygen atoms in total. The Morgan fingerprint density at radius 2 is 1.82 bits per heavy atom. The van der Waals surface area contributed by atoms with Gasteiger partial charge in [0.05, 0.1) is 12.1 Å². The van der Waals surface area contributed by atoms with Crippen molar-refractivity contribution in [3.05, 3.63) is 0 Å². The third-order valence-electron chi connectivity index (χ3n) is 3.62. The molecule has 2 aliphatic carbocycles. The van der Waals surface area contributed by atoms with Gasteiger partial charge in [-0.15, -0.1) is 0 Å². The van der Waals surface area contributed by atoms with Crippen LogP contribution in [0.4, 0.5) is 0 Å². The van der Waals surface area contributed by atoms with Crippen molar-refractivity contribution in [3.63, 3.8) is 0 Å². The molecule has 0 unspecified atom stereocenters. The first kappa shape index (κ1) is 12.4. The molecule has 4 N–H and O–H groups in total. The molecule has 0 aromatic carbocycles. The van der Waals surface area contributed by atoms with Crippen LogP contribution >= 0.6 is 0 Å². The van der Waals surface area contributed by atoms with E-state index in [4.69, 9.17) is 5.73 Å². The van der Waals surface area contributed by atoms with Crippen LogP contribution in [0.5, 0.6) is 0 Å². The number of carbonyl (C=O) groups excluding carboxylic acids is 2. The number of nitrogens with two attached hydrogens (primary N) is 1. The molecule has 0 aromatic rings. The minimum Gasteiger partial charge on any atom is -0.352 e. The van der Waals surface area contributed by atoms with Gasteiger partial charge in [0.2, 0.25) is 11.8 Å². The fraction of sp³-hybridized carbons (Fsp3) is 0.833. The maximum atomic E-state index is 11.6. The second-order valence-corrected chi connectivity index (χ2v) is 5.24. The quantitative estimate of drug-likeness (QED) is 0.647. The number of hydrogen-bond acceptors (Lipinski definition) is 3. The highest BCUT2D eigenvalue weighted by Gasteiger charge is 2.45. The molecule has 0 aliphatic heterocycles. The summed E-state index contributed by atoms with van der Waals surface area (Å²) in [7, 11) is 0. The van der Waals surface area contributed by atoms with Crippen molar-refractivity contribution in [3.8, 4) is 0 Å². The van der Waals surface area contributed by atoms with E-state index in [1.807, 2.05) is 0 Å². The highest BCUT2D eigenvalue weighted by molar-refractivity contribution is 5.92. The van der Waals surface area contributed by atoms with E-state index in [1.54, 1.807) is 0 Å². The van der Waals surface area contributed by atoms with Crippen LogP contribution in [0.3, 0.4) is 0 Å². The summed E-state index contributed by atoms with van der Waals surface area (Å²) in [5.74, 6) is -0.300. The third kappa shape index (κ3) is 3.43. The summed E-state index contributed by atoms with van der Waals surface area (Å²) in [5, 5.41) is 5.55. The Bertz CT molecular complexity index is 307. The van der Waals surface area contributed by atoms with Crippen LogP contribution < -0.4 is 16.4 Å². The third-order valence-corrected chi connectivity index (χ3v) is 3.62. The van der Waals surface area contributed by atoms with Crippen LogP contribution in [0.25, 0.3) is 0 Å². The molecule has 0 spiro atoms. The van der Waals surface area contributed by atoms with E-state index in [0.29, 0.717) is 6.04 Å². The van der Waals surface area contributed by atoms with Gasteiger partial charge in [-0.05, 0) is 25.7 Å². The number of rotatable bonds is 4. The molecule has 2 fully saturated rings. The first-order chi connectivity index (χ1) is 8.10. The Morgan fingerprint density at radius 3 is 2.41 bits per heavy atom. The molecular weight excluding hydrogens is 218 g/mol. The van der Waals surface area contributed by atoms with Gasteiger partial charge in [-0.3, -0.25) is 9.59 Å². The molecule has 0 radical (unpaired) electrons. The molecule has 0 aromatic heterocycles. The van der Waals surface area contributed by atoms with E-state index < -0.39 is 5.54 Å². The van der Waals surface area contributed by atoms with Gasteiger partial charge in [-0.1, -0.05) is 19.3 Å². The van der Waals surface area contributed by atoms with Crippen molar-refractivity contribution in [2.75, 3.05) is 6.54 Å². The summed E-state index contributed by atoms with van der Waals surface area (Å²) in [4.78, 5) is 23.1. The van der Waals surface area contributed by atoms with Gasteiger partial charge in [0, 0.05) is 6.04 Å². The van der Waals surface area contributed by atoms with Crippen molar-refractivity contribution in [2.45, 2.75) is 56.5 Å². The maximum Gasteiger partial charge on any atom is 0.240 e. The molecule has 5 heteroatoms. The first-order valence-electron chi connectivity index (χ1n) is 6.47. The number of nitrogens with one attached hydrogen (secondary N) is 2. The number of hydrogen-bond donors (Lipinski definition) is 3. The average Bonchev–Trinajstić information content (AvgIpc) is 3.07. The molecule has 0 saturated heterocycles. The lowest BCUT2D eigenvalue weighted by molar-refractivity contribution is -0.127. The summed E-state index contributed by atoms with van der Waals surface area (Å²) in [6.07, 6.45) is 7.19. The molecule has 2 aliphatic rings. The fourth-order valence-electron chi connectivity index (χ4n) is 2.22. The van der Waals surface area contributed by atoms with Gasteiger partial charge in [-0.25, -0.2) is 0 Å². The zero-order valence-corrected chi connectivity index (χ0v) is 10.1. The van der Waals surface area contributed by atoms with E-state index in [2.05, 4.69) is 10.6 Å². The van der Waals surface area contributed by atoms with E-state index in [-0.39, 0.29) is 18.4 Å². The SMILES string of the molecule is NC1(C(=O)NCC(=O)NC2CCCCC2)CC1. The molecule has 0 heterocycles. The topological polar surface area (TPSA) is 84.2 Å². The lowest BCUT2D eigenvalue weighted by Crippen LogP contribution is -2.48. The average molecular weight is 239 g/mol. The minimum atomic E-state index is -0.689. The molecular formula is C12H21N3O2. The van der Waals surface area contributed by atoms with Crippen LogP contribution in [0.15, 0.2) is 0 Å². The van der Waals surface area contributed by atoms with Crippen LogP contribution in [0.2, 0.25) is 0 Å². The Hall–Kier alpha value is -1.10.